The van der Waals surface area contributed by atoms with Crippen molar-refractivity contribution in [2.75, 3.05) is 13.7 Å². The highest BCUT2D eigenvalue weighted by molar-refractivity contribution is 6.11. The number of aryl methyl sites for hydroxylation is 1. The maximum Gasteiger partial charge on any atom is 0.325 e. The van der Waals surface area contributed by atoms with Gasteiger partial charge in [-0.05, 0) is 31.5 Å². The summed E-state index contributed by atoms with van der Waals surface area (Å²) >= 11 is 0. The van der Waals surface area contributed by atoms with E-state index in [2.05, 4.69) is 5.32 Å². The highest BCUT2D eigenvalue weighted by atomic mass is 16.5. The maximum atomic E-state index is 12.9. The van der Waals surface area contributed by atoms with Gasteiger partial charge in [0.1, 0.15) is 11.3 Å². The molecule has 0 unspecified atom stereocenters. The summed E-state index contributed by atoms with van der Waals surface area (Å²) in [5.74, 6) is -0.0823. The van der Waals surface area contributed by atoms with Crippen molar-refractivity contribution in [1.29, 1.82) is 0 Å². The zero-order valence-corrected chi connectivity index (χ0v) is 14.9. The summed E-state index contributed by atoms with van der Waals surface area (Å²) in [7, 11) is 1.55. The van der Waals surface area contributed by atoms with Crippen molar-refractivity contribution in [3.05, 3.63) is 65.2 Å². The van der Waals surface area contributed by atoms with Gasteiger partial charge in [-0.2, -0.15) is 0 Å². The molecule has 1 fully saturated rings. The van der Waals surface area contributed by atoms with Gasteiger partial charge in [-0.1, -0.05) is 42.0 Å². The number of carbonyl (C=O) groups is 3. The summed E-state index contributed by atoms with van der Waals surface area (Å²) < 4.78 is 5.12. The largest absolute Gasteiger partial charge is 0.497 e. The van der Waals surface area contributed by atoms with E-state index in [1.165, 1.54) is 0 Å². The fourth-order valence-corrected chi connectivity index (χ4v) is 2.93. The van der Waals surface area contributed by atoms with Crippen LogP contribution in [0.1, 0.15) is 28.4 Å². The first kappa shape index (κ1) is 17.7. The minimum absolute atomic E-state index is 0.285. The lowest BCUT2D eigenvalue weighted by molar-refractivity contribution is -0.130. The average Bonchev–Trinajstić information content (AvgIpc) is 2.86. The van der Waals surface area contributed by atoms with E-state index in [-0.39, 0.29) is 12.3 Å². The number of rotatable bonds is 5. The van der Waals surface area contributed by atoms with Gasteiger partial charge in [0.05, 0.1) is 13.7 Å². The Kier molecular flexibility index (Phi) is 4.50. The lowest BCUT2D eigenvalue weighted by Gasteiger charge is -2.22. The second-order valence-electron chi connectivity index (χ2n) is 6.46. The first-order valence-electron chi connectivity index (χ1n) is 8.23. The van der Waals surface area contributed by atoms with Crippen molar-refractivity contribution in [2.45, 2.75) is 19.4 Å². The minimum atomic E-state index is -1.21. The van der Waals surface area contributed by atoms with E-state index in [9.17, 15) is 14.4 Å². The van der Waals surface area contributed by atoms with E-state index >= 15 is 0 Å². The van der Waals surface area contributed by atoms with Gasteiger partial charge in [0.2, 0.25) is 0 Å². The van der Waals surface area contributed by atoms with Crippen LogP contribution in [0.4, 0.5) is 4.79 Å². The fraction of sp³-hybridized carbons (Fsp3) is 0.250. The van der Waals surface area contributed by atoms with Crippen molar-refractivity contribution in [3.63, 3.8) is 0 Å². The summed E-state index contributed by atoms with van der Waals surface area (Å²) in [6.45, 7) is 3.26. The number of nitrogens with one attached hydrogen (secondary N) is 1. The number of hydrogen-bond acceptors (Lipinski definition) is 4. The highest BCUT2D eigenvalue weighted by Gasteiger charge is 2.49. The van der Waals surface area contributed by atoms with Gasteiger partial charge >= 0.3 is 6.03 Å². The Labute approximate surface area is 151 Å². The summed E-state index contributed by atoms with van der Waals surface area (Å²) in [4.78, 5) is 38.6. The summed E-state index contributed by atoms with van der Waals surface area (Å²) in [5, 5.41) is 2.69. The molecule has 0 aromatic heterocycles. The smallest absolute Gasteiger partial charge is 0.325 e. The molecular formula is C20H20N2O4. The molecule has 3 rings (SSSR count). The Morgan fingerprint density at radius 3 is 2.27 bits per heavy atom. The molecule has 1 N–H and O–H groups in total. The molecule has 3 amide bonds. The standard InChI is InChI=1S/C20H20N2O4/c1-13-4-6-14(7-5-13)17(23)12-22-18(24)20(2,21-19(22)25)15-8-10-16(26-3)11-9-15/h4-11H,12H2,1-3H3,(H,21,25)/t20-/m1/s1. The van der Waals surface area contributed by atoms with Gasteiger partial charge < -0.3 is 10.1 Å². The zero-order chi connectivity index (χ0) is 18.9. The van der Waals surface area contributed by atoms with Crippen LogP contribution in [0.3, 0.4) is 0 Å². The van der Waals surface area contributed by atoms with Gasteiger partial charge in [-0.25, -0.2) is 4.79 Å². The second kappa shape index (κ2) is 6.63. The molecule has 26 heavy (non-hydrogen) atoms. The van der Waals surface area contributed by atoms with Crippen LogP contribution < -0.4 is 10.1 Å². The third kappa shape index (κ3) is 3.06. The number of ketones is 1. The average molecular weight is 352 g/mol. The summed E-state index contributed by atoms with van der Waals surface area (Å²) in [6, 6.07) is 13.3. The van der Waals surface area contributed by atoms with E-state index in [1.54, 1.807) is 50.4 Å². The first-order valence-corrected chi connectivity index (χ1v) is 8.23. The first-order chi connectivity index (χ1) is 12.3. The number of carbonyl (C=O) groups excluding carboxylic acids is 3. The Bertz CT molecular complexity index is 858. The predicted molar refractivity (Wildman–Crippen MR) is 96.1 cm³/mol. The van der Waals surface area contributed by atoms with Gasteiger partial charge in [0.15, 0.2) is 5.78 Å². The lowest BCUT2D eigenvalue weighted by Crippen LogP contribution is -2.41. The zero-order valence-electron chi connectivity index (χ0n) is 14.9. The van der Waals surface area contributed by atoms with Gasteiger partial charge in [0, 0.05) is 5.56 Å². The maximum absolute atomic E-state index is 12.9. The number of urea groups is 1. The van der Waals surface area contributed by atoms with Crippen molar-refractivity contribution in [2.24, 2.45) is 0 Å². The third-order valence-corrected chi connectivity index (χ3v) is 4.62. The number of nitrogens with zero attached hydrogens (tertiary/aromatic N) is 1. The van der Waals surface area contributed by atoms with Gasteiger partial charge in [-0.3, -0.25) is 14.5 Å². The van der Waals surface area contributed by atoms with Crippen molar-refractivity contribution in [3.8, 4) is 5.75 Å². The Morgan fingerprint density at radius 2 is 1.69 bits per heavy atom. The van der Waals surface area contributed by atoms with E-state index in [1.807, 2.05) is 19.1 Å². The van der Waals surface area contributed by atoms with E-state index in [0.29, 0.717) is 16.9 Å². The molecule has 1 saturated heterocycles. The van der Waals surface area contributed by atoms with Crippen LogP contribution in [0.5, 0.6) is 5.75 Å². The molecule has 6 nitrogen and oxygen atoms in total. The van der Waals surface area contributed by atoms with E-state index < -0.39 is 17.5 Å². The topological polar surface area (TPSA) is 75.7 Å². The van der Waals surface area contributed by atoms with Crippen LogP contribution in [0, 0.1) is 6.92 Å². The molecule has 134 valence electrons. The van der Waals surface area contributed by atoms with Gasteiger partial charge in [0.25, 0.3) is 5.91 Å². The molecule has 0 bridgehead atoms. The molecule has 6 heteroatoms. The summed E-state index contributed by atoms with van der Waals surface area (Å²) in [5.41, 5.74) is 0.913. The molecule has 2 aromatic rings. The lowest BCUT2D eigenvalue weighted by atomic mass is 9.92. The molecule has 0 saturated carbocycles. The molecule has 1 aliphatic rings. The van der Waals surface area contributed by atoms with Crippen LogP contribution in [0.15, 0.2) is 48.5 Å². The van der Waals surface area contributed by atoms with E-state index in [4.69, 9.17) is 4.74 Å². The quantitative estimate of drug-likeness (QED) is 0.663. The van der Waals surface area contributed by atoms with E-state index in [0.717, 1.165) is 10.5 Å². The van der Waals surface area contributed by atoms with Crippen molar-refractivity contribution < 1.29 is 19.1 Å². The normalized spacial score (nSPS) is 19.4. The summed E-state index contributed by atoms with van der Waals surface area (Å²) in [6.07, 6.45) is 0. The SMILES string of the molecule is COc1ccc([C@@]2(C)NC(=O)N(CC(=O)c3ccc(C)cc3)C2=O)cc1. The number of Topliss-reactive ketones (excluding diaryl/α,β-unsaturated/α-hetero) is 1. The predicted octanol–water partition coefficient (Wildman–Crippen LogP) is 2.65. The number of amides is 3. The molecule has 1 aliphatic heterocycles. The monoisotopic (exact) mass is 352 g/mol. The van der Waals surface area contributed by atoms with Crippen LogP contribution in [-0.4, -0.2) is 36.3 Å². The van der Waals surface area contributed by atoms with Crippen LogP contribution in [0.2, 0.25) is 0 Å². The number of hydrogen-bond donors (Lipinski definition) is 1. The molecule has 0 spiro atoms. The van der Waals surface area contributed by atoms with Crippen LogP contribution in [0.25, 0.3) is 0 Å². The molecule has 2 aromatic carbocycles. The molecule has 1 atom stereocenters. The number of methoxy groups -OCH3 is 1. The molecule has 0 radical (unpaired) electrons. The Balaban J connectivity index is 1.81. The molecule has 0 aliphatic carbocycles. The molecule has 1 heterocycles. The second-order valence-corrected chi connectivity index (χ2v) is 6.46. The van der Waals surface area contributed by atoms with Crippen molar-refractivity contribution >= 4 is 17.7 Å². The number of imide groups is 1. The minimum Gasteiger partial charge on any atom is -0.497 e. The molecular weight excluding hydrogens is 332 g/mol. The number of ether oxygens (including phenoxy) is 1. The third-order valence-electron chi connectivity index (χ3n) is 4.62. The fourth-order valence-electron chi connectivity index (χ4n) is 2.93. The number of benzene rings is 2. The Morgan fingerprint density at radius 1 is 1.08 bits per heavy atom. The Hall–Kier alpha value is -3.15. The van der Waals surface area contributed by atoms with Crippen LogP contribution in [-0.2, 0) is 10.3 Å². The van der Waals surface area contributed by atoms with Gasteiger partial charge in [-0.15, -0.1) is 0 Å². The highest BCUT2D eigenvalue weighted by Crippen LogP contribution is 2.30. The van der Waals surface area contributed by atoms with Crippen molar-refractivity contribution in [1.82, 2.24) is 10.2 Å². The van der Waals surface area contributed by atoms with Crippen LogP contribution >= 0.6 is 0 Å².